The molecule has 0 heterocycles. The Balaban J connectivity index is 1.56. The first-order valence-corrected chi connectivity index (χ1v) is 18.0. The van der Waals surface area contributed by atoms with E-state index in [0.29, 0.717) is 0 Å². The zero-order valence-electron chi connectivity index (χ0n) is 21.5. The van der Waals surface area contributed by atoms with Gasteiger partial charge < -0.3 is 0 Å². The zero-order valence-corrected chi connectivity index (χ0v) is 23.6. The molecule has 0 nitrogen and oxygen atoms in total. The van der Waals surface area contributed by atoms with Gasteiger partial charge in [0.25, 0.3) is 0 Å². The summed E-state index contributed by atoms with van der Waals surface area (Å²) in [5.74, 6) is 0. The summed E-state index contributed by atoms with van der Waals surface area (Å²) in [6.07, 6.45) is 15.5. The molecule has 0 saturated heterocycles. The van der Waals surface area contributed by atoms with Gasteiger partial charge in [-0.2, -0.15) is 0 Å². The van der Waals surface area contributed by atoms with Crippen molar-refractivity contribution in [1.29, 1.82) is 0 Å². The van der Waals surface area contributed by atoms with Crippen molar-refractivity contribution in [2.45, 2.75) is 44.2 Å². The molecule has 0 aliphatic carbocycles. The van der Waals surface area contributed by atoms with Gasteiger partial charge in [0.15, 0.2) is 0 Å². The maximum absolute atomic E-state index is 2.91. The molecule has 0 fully saturated rings. The molecular weight excluding hydrogens is 495 g/mol. The van der Waals surface area contributed by atoms with Gasteiger partial charge in [-0.15, -0.1) is 0 Å². The number of unbranched alkanes of at least 4 members (excludes halogenated alkanes) is 3. The molecule has 184 valence electrons. The minimum atomic E-state index is -2.91. The van der Waals surface area contributed by atoms with Gasteiger partial charge in [0.05, 0.1) is 0 Å². The van der Waals surface area contributed by atoms with Crippen LogP contribution in [0.4, 0.5) is 0 Å². The molecule has 0 aliphatic rings. The van der Waals surface area contributed by atoms with E-state index in [1.165, 1.54) is 49.9 Å². The number of benzene rings is 4. The monoisotopic (exact) mass is 534 g/mol. The van der Waals surface area contributed by atoms with Gasteiger partial charge in [0.2, 0.25) is 0 Å². The van der Waals surface area contributed by atoms with Crippen LogP contribution < -0.4 is 13.1 Å². The molecule has 0 spiro atoms. The molecule has 0 amide bonds. The molecule has 0 unspecified atom stereocenters. The van der Waals surface area contributed by atoms with E-state index >= 15 is 0 Å². The summed E-state index contributed by atoms with van der Waals surface area (Å²) in [5.41, 5.74) is 2.65. The second-order valence-electron chi connectivity index (χ2n) is 9.52. The molecule has 4 aromatic rings. The van der Waals surface area contributed by atoms with E-state index in [4.69, 9.17) is 0 Å². The van der Waals surface area contributed by atoms with Crippen LogP contribution in [-0.2, 0) is 6.42 Å². The van der Waals surface area contributed by atoms with E-state index < -0.39 is 13.6 Å². The fourth-order valence-electron chi connectivity index (χ4n) is 5.01. The van der Waals surface area contributed by atoms with Crippen LogP contribution >= 0.6 is 0 Å². The minimum absolute atomic E-state index is 1.02. The summed E-state index contributed by atoms with van der Waals surface area (Å²) < 4.78 is 4.50. The van der Waals surface area contributed by atoms with Gasteiger partial charge in [-0.05, 0) is 0 Å². The molecule has 0 bridgehead atoms. The summed E-state index contributed by atoms with van der Waals surface area (Å²) >= 11 is -2.91. The van der Waals surface area contributed by atoms with E-state index in [1.54, 1.807) is 0 Å². The van der Waals surface area contributed by atoms with Gasteiger partial charge in [-0.25, -0.2) is 0 Å². The summed E-state index contributed by atoms with van der Waals surface area (Å²) in [4.78, 5) is 0. The Hall–Kier alpha value is -3.08. The molecule has 0 N–H and O–H groups in total. The van der Waals surface area contributed by atoms with Gasteiger partial charge in [0, 0.05) is 0 Å². The summed E-state index contributed by atoms with van der Waals surface area (Å²) in [7, 11) is 0. The topological polar surface area (TPSA) is 0 Å². The molecule has 0 aromatic heterocycles. The Bertz CT molecular complexity index is 1110. The first-order chi connectivity index (χ1) is 17.8. The number of hydrogen-bond acceptors (Lipinski definition) is 0. The molecule has 1 heteroatoms. The van der Waals surface area contributed by atoms with Crippen LogP contribution in [0.3, 0.4) is 0 Å². The summed E-state index contributed by atoms with van der Waals surface area (Å²) in [6, 6.07) is 42.7. The number of allylic oxidation sites excluding steroid dienone is 3. The van der Waals surface area contributed by atoms with Crippen LogP contribution in [0.5, 0.6) is 0 Å². The molecule has 4 aromatic carbocycles. The standard InChI is InChI=1S/C35H39As/c1-2-3-4-5-6-10-18-31-26-28-32(29-27-31)19-17-30-36(33-20-11-7-12-21-33,34-22-13-8-14-23-34)35-24-15-9-16-25-35/h6-17,19-29,36H,2-5,18,30H2,1H3. The Morgan fingerprint density at radius 3 is 1.58 bits per heavy atom. The van der Waals surface area contributed by atoms with Crippen LogP contribution in [0.25, 0.3) is 6.08 Å². The third kappa shape index (κ3) is 6.77. The second kappa shape index (κ2) is 13.9. The molecular formula is C35H39As. The Kier molecular flexibility index (Phi) is 10.0. The number of rotatable bonds is 12. The predicted molar refractivity (Wildman–Crippen MR) is 163 cm³/mol. The van der Waals surface area contributed by atoms with Crippen molar-refractivity contribution in [1.82, 2.24) is 0 Å². The average molecular weight is 535 g/mol. The van der Waals surface area contributed by atoms with E-state index in [9.17, 15) is 0 Å². The fraction of sp³-hybridized carbons (Fsp3) is 0.200. The van der Waals surface area contributed by atoms with Gasteiger partial charge in [-0.3, -0.25) is 0 Å². The Morgan fingerprint density at radius 2 is 1.08 bits per heavy atom. The maximum atomic E-state index is 2.43. The normalized spacial score (nSPS) is 12.4. The predicted octanol–water partition coefficient (Wildman–Crippen LogP) is 7.28. The van der Waals surface area contributed by atoms with E-state index in [-0.39, 0.29) is 0 Å². The Labute approximate surface area is 220 Å². The average Bonchev–Trinajstić information content (AvgIpc) is 2.95. The molecule has 0 atom stereocenters. The molecule has 0 radical (unpaired) electrons. The van der Waals surface area contributed by atoms with Crippen LogP contribution in [0, 0.1) is 0 Å². The fourth-order valence-corrected chi connectivity index (χ4v) is 14.4. The van der Waals surface area contributed by atoms with Crippen LogP contribution in [0.2, 0.25) is 5.21 Å². The van der Waals surface area contributed by atoms with Crippen LogP contribution in [0.1, 0.15) is 43.7 Å². The third-order valence-corrected chi connectivity index (χ3v) is 17.1. The van der Waals surface area contributed by atoms with Crippen molar-refractivity contribution in [3.63, 3.8) is 0 Å². The second-order valence-corrected chi connectivity index (χ2v) is 17.8. The van der Waals surface area contributed by atoms with Gasteiger partial charge >= 0.3 is 202 Å². The third-order valence-electron chi connectivity index (χ3n) is 7.01. The van der Waals surface area contributed by atoms with E-state index in [1.807, 2.05) is 0 Å². The first kappa shape index (κ1) is 26.0. The van der Waals surface area contributed by atoms with Crippen molar-refractivity contribution < 1.29 is 0 Å². The van der Waals surface area contributed by atoms with Crippen LogP contribution in [-0.4, -0.2) is 13.6 Å². The van der Waals surface area contributed by atoms with Crippen molar-refractivity contribution >= 4 is 32.7 Å². The van der Waals surface area contributed by atoms with Crippen molar-refractivity contribution in [3.05, 3.63) is 145 Å². The van der Waals surface area contributed by atoms with Crippen molar-refractivity contribution in [2.75, 3.05) is 0 Å². The molecule has 4 rings (SSSR count). The summed E-state index contributed by atoms with van der Waals surface area (Å²) in [6.45, 7) is 2.26. The molecule has 0 aliphatic heterocycles. The van der Waals surface area contributed by atoms with Gasteiger partial charge in [-0.1, -0.05) is 19.8 Å². The first-order valence-electron chi connectivity index (χ1n) is 13.4. The summed E-state index contributed by atoms with van der Waals surface area (Å²) in [5, 5.41) is 1.07. The number of hydrogen-bond donors (Lipinski definition) is 0. The van der Waals surface area contributed by atoms with Crippen molar-refractivity contribution in [2.24, 2.45) is 0 Å². The van der Waals surface area contributed by atoms with E-state index in [2.05, 4.69) is 146 Å². The van der Waals surface area contributed by atoms with Crippen molar-refractivity contribution in [3.8, 4) is 0 Å². The molecule has 36 heavy (non-hydrogen) atoms. The SMILES string of the molecule is CCCCCC=CCc1ccc(C=CC[AsH](c2ccccc2)(c2ccccc2)c2ccccc2)cc1. The zero-order chi connectivity index (χ0) is 24.9. The molecule has 0 saturated carbocycles. The Morgan fingerprint density at radius 1 is 0.556 bits per heavy atom. The van der Waals surface area contributed by atoms with E-state index in [0.717, 1.165) is 11.6 Å². The van der Waals surface area contributed by atoms with Crippen LogP contribution in [0.15, 0.2) is 133 Å². The van der Waals surface area contributed by atoms with Gasteiger partial charge in [0.1, 0.15) is 0 Å². The quantitative estimate of drug-likeness (QED) is 0.102.